The van der Waals surface area contributed by atoms with E-state index in [-0.39, 0.29) is 18.9 Å². The molecule has 0 spiro atoms. The zero-order valence-corrected chi connectivity index (χ0v) is 18.4. The molecule has 166 valence electrons. The Balaban J connectivity index is 1.70. The first-order valence-corrected chi connectivity index (χ1v) is 9.91. The van der Waals surface area contributed by atoms with Crippen molar-refractivity contribution < 1.29 is 23.8 Å². The smallest absolute Gasteiger partial charge is 0.277 e. The predicted molar refractivity (Wildman–Crippen MR) is 119 cm³/mol. The predicted octanol–water partition coefficient (Wildman–Crippen LogP) is 2.63. The fourth-order valence-corrected chi connectivity index (χ4v) is 2.77. The summed E-state index contributed by atoms with van der Waals surface area (Å²) in [5.74, 6) is 1.39. The Morgan fingerprint density at radius 3 is 2.42 bits per heavy atom. The summed E-state index contributed by atoms with van der Waals surface area (Å²) in [7, 11) is 3.17. The van der Waals surface area contributed by atoms with Crippen LogP contribution in [0.25, 0.3) is 0 Å². The summed E-state index contributed by atoms with van der Waals surface area (Å²) in [6, 6.07) is 13.1. The van der Waals surface area contributed by atoms with E-state index in [1.165, 1.54) is 0 Å². The molecule has 0 aromatic heterocycles. The summed E-state index contributed by atoms with van der Waals surface area (Å²) in [6.45, 7) is 3.90. The number of carbonyl (C=O) groups excluding carboxylic acids is 2. The van der Waals surface area contributed by atoms with Gasteiger partial charge in [0.15, 0.2) is 18.1 Å². The quantitative estimate of drug-likeness (QED) is 0.424. The molecule has 0 aliphatic rings. The van der Waals surface area contributed by atoms with Crippen LogP contribution in [0.1, 0.15) is 24.5 Å². The number of amides is 2. The number of benzene rings is 2. The SMILES string of the molecule is COc1ccc(CCNC(=O)C/C(C)=N/NC(=O)COc2ccccc2C)cc1OC. The minimum Gasteiger partial charge on any atom is -0.493 e. The van der Waals surface area contributed by atoms with Gasteiger partial charge in [-0.15, -0.1) is 0 Å². The number of hydrogen-bond donors (Lipinski definition) is 2. The van der Waals surface area contributed by atoms with Crippen molar-refractivity contribution in [2.45, 2.75) is 26.7 Å². The molecule has 0 heterocycles. The lowest BCUT2D eigenvalue weighted by atomic mass is 10.1. The summed E-state index contributed by atoms with van der Waals surface area (Å²) in [5, 5.41) is 6.79. The highest BCUT2D eigenvalue weighted by Gasteiger charge is 2.08. The molecule has 0 radical (unpaired) electrons. The summed E-state index contributed by atoms with van der Waals surface area (Å²) < 4.78 is 16.0. The van der Waals surface area contributed by atoms with E-state index < -0.39 is 5.91 Å². The number of nitrogens with zero attached hydrogens (tertiary/aromatic N) is 1. The number of methoxy groups -OCH3 is 2. The van der Waals surface area contributed by atoms with Gasteiger partial charge < -0.3 is 19.5 Å². The van der Waals surface area contributed by atoms with Crippen molar-refractivity contribution in [3.63, 3.8) is 0 Å². The molecule has 0 atom stereocenters. The maximum absolute atomic E-state index is 12.1. The topological polar surface area (TPSA) is 98.2 Å². The zero-order chi connectivity index (χ0) is 22.6. The fraction of sp³-hybridized carbons (Fsp3) is 0.348. The van der Waals surface area contributed by atoms with E-state index in [2.05, 4.69) is 15.8 Å². The number of ether oxygens (including phenoxy) is 3. The van der Waals surface area contributed by atoms with E-state index in [1.54, 1.807) is 27.2 Å². The molecule has 8 heteroatoms. The van der Waals surface area contributed by atoms with Gasteiger partial charge in [0.1, 0.15) is 5.75 Å². The van der Waals surface area contributed by atoms with Crippen LogP contribution in [0.4, 0.5) is 0 Å². The monoisotopic (exact) mass is 427 g/mol. The number of aryl methyl sites for hydroxylation is 1. The third kappa shape index (κ3) is 8.00. The molecule has 2 aromatic carbocycles. The Morgan fingerprint density at radius 2 is 1.71 bits per heavy atom. The van der Waals surface area contributed by atoms with Gasteiger partial charge in [-0.2, -0.15) is 5.10 Å². The van der Waals surface area contributed by atoms with Crippen molar-refractivity contribution >= 4 is 17.5 Å². The van der Waals surface area contributed by atoms with Crippen LogP contribution in [-0.2, 0) is 16.0 Å². The third-order valence-electron chi connectivity index (χ3n) is 4.42. The molecular formula is C23H29N3O5. The van der Waals surface area contributed by atoms with E-state index in [1.807, 2.05) is 43.3 Å². The molecule has 0 aliphatic heterocycles. The van der Waals surface area contributed by atoms with E-state index in [9.17, 15) is 9.59 Å². The third-order valence-corrected chi connectivity index (χ3v) is 4.42. The van der Waals surface area contributed by atoms with Gasteiger partial charge in [-0.05, 0) is 49.6 Å². The van der Waals surface area contributed by atoms with E-state index in [0.29, 0.717) is 35.9 Å². The molecule has 8 nitrogen and oxygen atoms in total. The van der Waals surface area contributed by atoms with Crippen molar-refractivity contribution in [1.29, 1.82) is 0 Å². The van der Waals surface area contributed by atoms with Gasteiger partial charge in [-0.3, -0.25) is 9.59 Å². The first-order chi connectivity index (χ1) is 14.9. The van der Waals surface area contributed by atoms with Crippen molar-refractivity contribution in [3.05, 3.63) is 53.6 Å². The highest BCUT2D eigenvalue weighted by Crippen LogP contribution is 2.27. The van der Waals surface area contributed by atoms with Crippen LogP contribution in [0.2, 0.25) is 0 Å². The van der Waals surface area contributed by atoms with Gasteiger partial charge in [0.05, 0.1) is 20.6 Å². The Morgan fingerprint density at radius 1 is 0.968 bits per heavy atom. The molecule has 0 fully saturated rings. The maximum atomic E-state index is 12.1. The van der Waals surface area contributed by atoms with E-state index in [0.717, 1.165) is 11.1 Å². The average Bonchev–Trinajstić information content (AvgIpc) is 2.77. The van der Waals surface area contributed by atoms with Crippen molar-refractivity contribution in [3.8, 4) is 17.2 Å². The lowest BCUT2D eigenvalue weighted by Gasteiger charge is -2.10. The lowest BCUT2D eigenvalue weighted by molar-refractivity contribution is -0.123. The molecule has 0 saturated heterocycles. The van der Waals surface area contributed by atoms with Crippen LogP contribution in [0.15, 0.2) is 47.6 Å². The Labute approximate surface area is 182 Å². The van der Waals surface area contributed by atoms with E-state index >= 15 is 0 Å². The first kappa shape index (κ1) is 23.7. The largest absolute Gasteiger partial charge is 0.493 e. The Bertz CT molecular complexity index is 927. The van der Waals surface area contributed by atoms with Gasteiger partial charge in [0, 0.05) is 12.3 Å². The van der Waals surface area contributed by atoms with Gasteiger partial charge in [-0.25, -0.2) is 5.43 Å². The van der Waals surface area contributed by atoms with Crippen LogP contribution >= 0.6 is 0 Å². The number of para-hydroxylation sites is 1. The molecule has 2 aromatic rings. The van der Waals surface area contributed by atoms with Crippen molar-refractivity contribution in [2.24, 2.45) is 5.10 Å². The first-order valence-electron chi connectivity index (χ1n) is 9.91. The summed E-state index contributed by atoms with van der Waals surface area (Å²) in [5.41, 5.74) is 4.86. The van der Waals surface area contributed by atoms with Crippen molar-refractivity contribution in [2.75, 3.05) is 27.4 Å². The lowest BCUT2D eigenvalue weighted by Crippen LogP contribution is -2.29. The summed E-state index contributed by atoms with van der Waals surface area (Å²) in [4.78, 5) is 24.0. The number of hydrazone groups is 1. The molecular weight excluding hydrogens is 398 g/mol. The molecule has 0 unspecified atom stereocenters. The standard InChI is InChI=1S/C23H29N3O5/c1-16-7-5-6-8-19(16)31-15-23(28)26-25-17(2)13-22(27)24-12-11-18-9-10-20(29-3)21(14-18)30-4/h5-10,14H,11-13,15H2,1-4H3,(H,24,27)(H,26,28)/b25-17+. The van der Waals surface area contributed by atoms with Crippen LogP contribution in [0.3, 0.4) is 0 Å². The molecule has 0 bridgehead atoms. The second-order valence-corrected chi connectivity index (χ2v) is 6.90. The molecule has 0 saturated carbocycles. The maximum Gasteiger partial charge on any atom is 0.277 e. The Hall–Kier alpha value is -3.55. The number of nitrogens with one attached hydrogen (secondary N) is 2. The minimum absolute atomic E-state index is 0.0882. The number of carbonyl (C=O) groups is 2. The number of hydrogen-bond acceptors (Lipinski definition) is 6. The zero-order valence-electron chi connectivity index (χ0n) is 18.4. The molecule has 2 amide bonds. The average molecular weight is 428 g/mol. The highest BCUT2D eigenvalue weighted by atomic mass is 16.5. The van der Waals surface area contributed by atoms with Gasteiger partial charge in [0.25, 0.3) is 5.91 Å². The second-order valence-electron chi connectivity index (χ2n) is 6.90. The van der Waals surface area contributed by atoms with Gasteiger partial charge in [0.2, 0.25) is 5.91 Å². The molecule has 2 N–H and O–H groups in total. The van der Waals surface area contributed by atoms with Crippen molar-refractivity contribution in [1.82, 2.24) is 10.7 Å². The molecule has 2 rings (SSSR count). The number of rotatable bonds is 11. The van der Waals surface area contributed by atoms with E-state index in [4.69, 9.17) is 14.2 Å². The second kappa shape index (κ2) is 12.2. The van der Waals surface area contributed by atoms with Crippen LogP contribution in [-0.4, -0.2) is 44.9 Å². The molecule has 0 aliphatic carbocycles. The normalized spacial score (nSPS) is 10.9. The fourth-order valence-electron chi connectivity index (χ4n) is 2.77. The molecule has 31 heavy (non-hydrogen) atoms. The Kier molecular flexibility index (Phi) is 9.35. The highest BCUT2D eigenvalue weighted by molar-refractivity contribution is 6.00. The van der Waals surface area contributed by atoms with Gasteiger partial charge >= 0.3 is 0 Å². The van der Waals surface area contributed by atoms with Gasteiger partial charge in [-0.1, -0.05) is 24.3 Å². The van der Waals surface area contributed by atoms with Crippen LogP contribution < -0.4 is 25.0 Å². The van der Waals surface area contributed by atoms with Crippen LogP contribution in [0.5, 0.6) is 17.2 Å². The summed E-state index contributed by atoms with van der Waals surface area (Å²) in [6.07, 6.45) is 0.736. The van der Waals surface area contributed by atoms with Crippen LogP contribution in [0, 0.1) is 6.92 Å². The summed E-state index contributed by atoms with van der Waals surface area (Å²) >= 11 is 0. The minimum atomic E-state index is -0.392.